The van der Waals surface area contributed by atoms with Gasteiger partial charge in [0.15, 0.2) is 6.61 Å². The van der Waals surface area contributed by atoms with Crippen molar-refractivity contribution in [1.29, 1.82) is 0 Å². The Kier molecular flexibility index (Phi) is 6.15. The molecule has 0 radical (unpaired) electrons. The molecule has 0 unspecified atom stereocenters. The number of carbonyl (C=O) groups excluding carboxylic acids is 4. The monoisotopic (exact) mass is 486 g/mol. The SMILES string of the molecule is O=C(COC(=O)c1ccc2c(c1)C(=O)N(C[C@@H]1CCCO1)C2=O)Nc1ccc(Br)cc1. The molecule has 1 N–H and O–H groups in total. The van der Waals surface area contributed by atoms with Gasteiger partial charge in [-0.25, -0.2) is 4.79 Å². The predicted octanol–water partition coefficient (Wildman–Crippen LogP) is 3.02. The molecule has 1 fully saturated rings. The molecular formula is C22H19BrN2O6. The Morgan fingerprint density at radius 2 is 1.84 bits per heavy atom. The Hall–Kier alpha value is -3.04. The highest BCUT2D eigenvalue weighted by Gasteiger charge is 2.38. The summed E-state index contributed by atoms with van der Waals surface area (Å²) in [7, 11) is 0. The lowest BCUT2D eigenvalue weighted by molar-refractivity contribution is -0.119. The number of hydrogen-bond donors (Lipinski definition) is 1. The van der Waals surface area contributed by atoms with Crippen LogP contribution in [0, 0.1) is 0 Å². The van der Waals surface area contributed by atoms with Crippen LogP contribution >= 0.6 is 15.9 Å². The summed E-state index contributed by atoms with van der Waals surface area (Å²) in [4.78, 5) is 50.8. The van der Waals surface area contributed by atoms with Crippen LogP contribution in [0.1, 0.15) is 43.9 Å². The number of halogens is 1. The normalized spacial score (nSPS) is 17.6. The molecule has 2 aromatic carbocycles. The molecular weight excluding hydrogens is 468 g/mol. The first-order valence-electron chi connectivity index (χ1n) is 9.77. The van der Waals surface area contributed by atoms with Gasteiger partial charge in [0, 0.05) is 16.8 Å². The molecule has 8 nitrogen and oxygen atoms in total. The first-order valence-corrected chi connectivity index (χ1v) is 10.6. The van der Waals surface area contributed by atoms with Gasteiger partial charge in [-0.3, -0.25) is 19.3 Å². The van der Waals surface area contributed by atoms with E-state index in [1.54, 1.807) is 24.3 Å². The number of hydrogen-bond acceptors (Lipinski definition) is 6. The lowest BCUT2D eigenvalue weighted by Gasteiger charge is -2.17. The maximum absolute atomic E-state index is 12.7. The Bertz CT molecular complexity index is 1050. The van der Waals surface area contributed by atoms with Crippen molar-refractivity contribution in [3.63, 3.8) is 0 Å². The highest BCUT2D eigenvalue weighted by molar-refractivity contribution is 9.10. The molecule has 2 heterocycles. The van der Waals surface area contributed by atoms with E-state index >= 15 is 0 Å². The second-order valence-electron chi connectivity index (χ2n) is 7.25. The molecule has 0 saturated carbocycles. The molecule has 9 heteroatoms. The molecule has 0 aliphatic carbocycles. The van der Waals surface area contributed by atoms with Gasteiger partial charge in [-0.2, -0.15) is 0 Å². The number of amides is 3. The van der Waals surface area contributed by atoms with Gasteiger partial charge in [0.2, 0.25) is 0 Å². The fourth-order valence-electron chi connectivity index (χ4n) is 3.52. The lowest BCUT2D eigenvalue weighted by Crippen LogP contribution is -2.36. The summed E-state index contributed by atoms with van der Waals surface area (Å²) in [5, 5.41) is 2.62. The van der Waals surface area contributed by atoms with Crippen LogP contribution in [-0.2, 0) is 14.3 Å². The molecule has 3 amide bonds. The van der Waals surface area contributed by atoms with E-state index in [1.807, 2.05) is 0 Å². The van der Waals surface area contributed by atoms with Crippen molar-refractivity contribution in [2.24, 2.45) is 0 Å². The summed E-state index contributed by atoms with van der Waals surface area (Å²) in [6.07, 6.45) is 1.54. The number of benzene rings is 2. The first kappa shape index (κ1) is 21.2. The third-order valence-electron chi connectivity index (χ3n) is 5.08. The van der Waals surface area contributed by atoms with Crippen LogP contribution in [0.4, 0.5) is 5.69 Å². The Labute approximate surface area is 186 Å². The van der Waals surface area contributed by atoms with Gasteiger partial charge in [0.1, 0.15) is 0 Å². The minimum atomic E-state index is -0.758. The second-order valence-corrected chi connectivity index (χ2v) is 8.16. The Balaban J connectivity index is 1.37. The Morgan fingerprint density at radius 1 is 1.10 bits per heavy atom. The number of carbonyl (C=O) groups is 4. The van der Waals surface area contributed by atoms with Gasteiger partial charge in [-0.1, -0.05) is 15.9 Å². The number of fused-ring (bicyclic) bond motifs is 1. The van der Waals surface area contributed by atoms with Crippen molar-refractivity contribution in [3.05, 3.63) is 63.6 Å². The van der Waals surface area contributed by atoms with Gasteiger partial charge >= 0.3 is 5.97 Å². The van der Waals surface area contributed by atoms with E-state index in [9.17, 15) is 19.2 Å². The zero-order valence-electron chi connectivity index (χ0n) is 16.4. The highest BCUT2D eigenvalue weighted by atomic mass is 79.9. The summed E-state index contributed by atoms with van der Waals surface area (Å²) in [5.41, 5.74) is 1.05. The zero-order valence-corrected chi connectivity index (χ0v) is 18.0. The van der Waals surface area contributed by atoms with Crippen LogP contribution in [0.15, 0.2) is 46.9 Å². The van der Waals surface area contributed by atoms with Crippen LogP contribution in [0.3, 0.4) is 0 Å². The topological polar surface area (TPSA) is 102 Å². The Morgan fingerprint density at radius 3 is 2.55 bits per heavy atom. The van der Waals surface area contributed by atoms with Crippen molar-refractivity contribution in [2.45, 2.75) is 18.9 Å². The quantitative estimate of drug-likeness (QED) is 0.497. The fourth-order valence-corrected chi connectivity index (χ4v) is 3.78. The number of rotatable bonds is 6. The molecule has 31 heavy (non-hydrogen) atoms. The molecule has 0 aromatic heterocycles. The van der Waals surface area contributed by atoms with Crippen LogP contribution in [0.25, 0.3) is 0 Å². The van der Waals surface area contributed by atoms with Crippen molar-refractivity contribution in [1.82, 2.24) is 4.90 Å². The van der Waals surface area contributed by atoms with Crippen LogP contribution < -0.4 is 5.32 Å². The van der Waals surface area contributed by atoms with Gasteiger partial charge in [0.05, 0.1) is 29.3 Å². The van der Waals surface area contributed by atoms with E-state index in [2.05, 4.69) is 21.2 Å². The first-order chi connectivity index (χ1) is 14.9. The molecule has 0 spiro atoms. The minimum absolute atomic E-state index is 0.0929. The predicted molar refractivity (Wildman–Crippen MR) is 114 cm³/mol. The molecule has 1 saturated heterocycles. The summed E-state index contributed by atoms with van der Waals surface area (Å²) in [6, 6.07) is 11.1. The van der Waals surface area contributed by atoms with E-state index in [0.29, 0.717) is 12.3 Å². The number of nitrogens with one attached hydrogen (secondary N) is 1. The van der Waals surface area contributed by atoms with E-state index < -0.39 is 30.3 Å². The summed E-state index contributed by atoms with van der Waals surface area (Å²) < 4.78 is 11.4. The van der Waals surface area contributed by atoms with Gasteiger partial charge in [-0.15, -0.1) is 0 Å². The van der Waals surface area contributed by atoms with Crippen molar-refractivity contribution in [3.8, 4) is 0 Å². The number of esters is 1. The van der Waals surface area contributed by atoms with Gasteiger partial charge in [0.25, 0.3) is 17.7 Å². The minimum Gasteiger partial charge on any atom is -0.452 e. The van der Waals surface area contributed by atoms with Crippen LogP contribution in [0.2, 0.25) is 0 Å². The van der Waals surface area contributed by atoms with E-state index in [-0.39, 0.29) is 29.3 Å². The average Bonchev–Trinajstić information content (AvgIpc) is 3.36. The molecule has 160 valence electrons. The van der Waals surface area contributed by atoms with E-state index in [1.165, 1.54) is 18.2 Å². The van der Waals surface area contributed by atoms with Crippen molar-refractivity contribution < 1.29 is 28.7 Å². The van der Waals surface area contributed by atoms with E-state index in [0.717, 1.165) is 22.2 Å². The van der Waals surface area contributed by atoms with Gasteiger partial charge in [-0.05, 0) is 55.3 Å². The summed E-state index contributed by atoms with van der Waals surface area (Å²) in [6.45, 7) is 0.339. The number of ether oxygens (including phenoxy) is 2. The fraction of sp³-hybridized carbons (Fsp3) is 0.273. The van der Waals surface area contributed by atoms with Crippen molar-refractivity contribution >= 4 is 45.3 Å². The number of anilines is 1. The second kappa shape index (κ2) is 8.99. The third-order valence-corrected chi connectivity index (χ3v) is 5.61. The standard InChI is InChI=1S/C22H19BrN2O6/c23-14-4-6-15(7-5-14)24-19(26)12-31-22(29)13-3-8-17-18(10-13)21(28)25(20(17)27)11-16-2-1-9-30-16/h3-8,10,16H,1-2,9,11-12H2,(H,24,26)/t16-/m0/s1. The average molecular weight is 487 g/mol. The van der Waals surface area contributed by atoms with E-state index in [4.69, 9.17) is 9.47 Å². The largest absolute Gasteiger partial charge is 0.452 e. The van der Waals surface area contributed by atoms with Gasteiger partial charge < -0.3 is 14.8 Å². The molecule has 4 rings (SSSR count). The molecule has 0 bridgehead atoms. The smallest absolute Gasteiger partial charge is 0.338 e. The number of imide groups is 1. The number of nitrogens with zero attached hydrogens (tertiary/aromatic N) is 1. The molecule has 2 aliphatic rings. The van der Waals surface area contributed by atoms with Crippen LogP contribution in [-0.4, -0.2) is 54.5 Å². The third kappa shape index (κ3) is 4.67. The molecule has 2 aliphatic heterocycles. The molecule has 2 aromatic rings. The maximum atomic E-state index is 12.7. The molecule has 1 atom stereocenters. The van der Waals surface area contributed by atoms with Crippen LogP contribution in [0.5, 0.6) is 0 Å². The highest BCUT2D eigenvalue weighted by Crippen LogP contribution is 2.26. The summed E-state index contributed by atoms with van der Waals surface area (Å²) in [5.74, 6) is -2.11. The lowest BCUT2D eigenvalue weighted by atomic mass is 10.1. The maximum Gasteiger partial charge on any atom is 0.338 e. The zero-order chi connectivity index (χ0) is 22.0. The van der Waals surface area contributed by atoms with Crippen molar-refractivity contribution in [2.75, 3.05) is 25.1 Å². The summed E-state index contributed by atoms with van der Waals surface area (Å²) >= 11 is 3.31.